The molecule has 1 aliphatic heterocycles. The van der Waals surface area contributed by atoms with Crippen molar-refractivity contribution in [2.24, 2.45) is 0 Å². The van der Waals surface area contributed by atoms with Crippen molar-refractivity contribution in [2.75, 3.05) is 36.0 Å². The molecule has 7 heteroatoms. The van der Waals surface area contributed by atoms with Crippen LogP contribution in [0.15, 0.2) is 36.5 Å². The second kappa shape index (κ2) is 6.54. The molecule has 0 aliphatic carbocycles. The number of piperazine rings is 1. The van der Waals surface area contributed by atoms with Crippen molar-refractivity contribution in [3.8, 4) is 6.07 Å². The molecule has 0 spiro atoms. The Balaban J connectivity index is 1.79. The molecule has 1 saturated heterocycles. The molecule has 2 heterocycles. The van der Waals surface area contributed by atoms with E-state index in [0.717, 1.165) is 11.3 Å². The Hall–Kier alpha value is -3.14. The van der Waals surface area contributed by atoms with Gasteiger partial charge < -0.3 is 9.80 Å². The fraction of sp³-hybridized carbons (Fsp3) is 0.294. The van der Waals surface area contributed by atoms with Gasteiger partial charge in [0.2, 0.25) is 5.82 Å². The van der Waals surface area contributed by atoms with E-state index in [4.69, 9.17) is 0 Å². The molecule has 3 rings (SSSR count). The number of nitrogens with zero attached hydrogens (tertiary/aromatic N) is 5. The topological polar surface area (TPSA) is 86.3 Å². The average molecular weight is 323 g/mol. The minimum atomic E-state index is -0.382. The summed E-state index contributed by atoms with van der Waals surface area (Å²) in [5.41, 5.74) is 2.37. The highest BCUT2D eigenvalue weighted by Gasteiger charge is 2.26. The first kappa shape index (κ1) is 15.7. The van der Waals surface area contributed by atoms with Crippen molar-refractivity contribution in [3.63, 3.8) is 0 Å². The molecule has 0 bridgehead atoms. The van der Waals surface area contributed by atoms with Crippen molar-refractivity contribution >= 4 is 17.2 Å². The van der Waals surface area contributed by atoms with E-state index in [9.17, 15) is 15.4 Å². The van der Waals surface area contributed by atoms with Crippen LogP contribution in [0.1, 0.15) is 11.1 Å². The van der Waals surface area contributed by atoms with Gasteiger partial charge in [0.25, 0.3) is 0 Å². The lowest BCUT2D eigenvalue weighted by atomic mass is 10.1. The number of hydrogen-bond donors (Lipinski definition) is 0. The Morgan fingerprint density at radius 3 is 2.54 bits per heavy atom. The number of anilines is 2. The summed E-state index contributed by atoms with van der Waals surface area (Å²) in [5.74, 6) is 0.416. The summed E-state index contributed by atoms with van der Waals surface area (Å²) < 4.78 is 0. The number of rotatable bonds is 3. The molecule has 1 aromatic heterocycles. The zero-order chi connectivity index (χ0) is 17.1. The lowest BCUT2D eigenvalue weighted by Crippen LogP contribution is -2.47. The fourth-order valence-electron chi connectivity index (χ4n) is 2.93. The smallest absolute Gasteiger partial charge is 0.311 e. The minimum Gasteiger partial charge on any atom is -0.367 e. The van der Waals surface area contributed by atoms with Gasteiger partial charge in [0.05, 0.1) is 16.2 Å². The predicted octanol–water partition coefficient (Wildman–Crippen LogP) is 2.50. The first-order valence-corrected chi connectivity index (χ1v) is 7.70. The van der Waals surface area contributed by atoms with Crippen LogP contribution in [-0.2, 0) is 0 Å². The zero-order valence-electron chi connectivity index (χ0n) is 13.3. The summed E-state index contributed by atoms with van der Waals surface area (Å²) in [6.45, 7) is 4.41. The van der Waals surface area contributed by atoms with Crippen molar-refractivity contribution in [2.45, 2.75) is 6.92 Å². The Bertz CT molecular complexity index is 807. The number of hydrogen-bond acceptors (Lipinski definition) is 6. The van der Waals surface area contributed by atoms with Crippen LogP contribution in [0.2, 0.25) is 0 Å². The van der Waals surface area contributed by atoms with E-state index in [2.05, 4.69) is 16.0 Å². The largest absolute Gasteiger partial charge is 0.367 e. The Morgan fingerprint density at radius 2 is 1.88 bits per heavy atom. The molecular formula is C17H17N5O2. The van der Waals surface area contributed by atoms with E-state index in [0.29, 0.717) is 37.6 Å². The fourth-order valence-corrected chi connectivity index (χ4v) is 2.93. The summed E-state index contributed by atoms with van der Waals surface area (Å²) in [4.78, 5) is 19.2. The van der Waals surface area contributed by atoms with Gasteiger partial charge in [-0.05, 0) is 24.6 Å². The molecule has 0 N–H and O–H groups in total. The molecule has 0 atom stereocenters. The van der Waals surface area contributed by atoms with Crippen LogP contribution in [0.3, 0.4) is 0 Å². The molecule has 2 aromatic rings. The van der Waals surface area contributed by atoms with Gasteiger partial charge in [-0.1, -0.05) is 12.1 Å². The van der Waals surface area contributed by atoms with E-state index in [-0.39, 0.29) is 10.6 Å². The second-order valence-electron chi connectivity index (χ2n) is 5.72. The maximum absolute atomic E-state index is 11.3. The normalized spacial score (nSPS) is 14.3. The molecule has 0 amide bonds. The highest BCUT2D eigenvalue weighted by Crippen LogP contribution is 2.28. The maximum Gasteiger partial charge on any atom is 0.311 e. The number of nitro groups is 1. The lowest BCUT2D eigenvalue weighted by molar-refractivity contribution is -0.384. The van der Waals surface area contributed by atoms with E-state index in [1.54, 1.807) is 25.3 Å². The maximum atomic E-state index is 11.3. The molecule has 0 unspecified atom stereocenters. The van der Waals surface area contributed by atoms with Crippen LogP contribution in [0.25, 0.3) is 0 Å². The number of para-hydroxylation sites is 1. The monoisotopic (exact) mass is 323 g/mol. The van der Waals surface area contributed by atoms with Crippen molar-refractivity contribution in [3.05, 3.63) is 57.8 Å². The van der Waals surface area contributed by atoms with E-state index >= 15 is 0 Å². The SMILES string of the molecule is Cc1cnc(N2CCN(c3ccccc3C#N)CC2)c([N+](=O)[O-])c1. The molecule has 122 valence electrons. The zero-order valence-corrected chi connectivity index (χ0v) is 13.3. The summed E-state index contributed by atoms with van der Waals surface area (Å²) >= 11 is 0. The van der Waals surface area contributed by atoms with Crippen LogP contribution in [0.4, 0.5) is 17.2 Å². The van der Waals surface area contributed by atoms with Crippen molar-refractivity contribution in [1.82, 2.24) is 4.98 Å². The predicted molar refractivity (Wildman–Crippen MR) is 91.2 cm³/mol. The van der Waals surface area contributed by atoms with Gasteiger partial charge >= 0.3 is 5.69 Å². The van der Waals surface area contributed by atoms with Gasteiger partial charge in [-0.3, -0.25) is 10.1 Å². The third kappa shape index (κ3) is 2.99. The number of benzene rings is 1. The number of aromatic nitrogens is 1. The van der Waals surface area contributed by atoms with Gasteiger partial charge in [-0.2, -0.15) is 5.26 Å². The van der Waals surface area contributed by atoms with Gasteiger partial charge in [0, 0.05) is 38.4 Å². The minimum absolute atomic E-state index is 0.0425. The highest BCUT2D eigenvalue weighted by atomic mass is 16.6. The van der Waals surface area contributed by atoms with Gasteiger partial charge in [-0.15, -0.1) is 0 Å². The lowest BCUT2D eigenvalue weighted by Gasteiger charge is -2.36. The summed E-state index contributed by atoms with van der Waals surface area (Å²) in [6, 6.07) is 11.3. The number of aryl methyl sites for hydroxylation is 1. The molecule has 0 radical (unpaired) electrons. The summed E-state index contributed by atoms with van der Waals surface area (Å²) in [5, 5.41) is 20.5. The van der Waals surface area contributed by atoms with E-state index < -0.39 is 0 Å². The third-order valence-electron chi connectivity index (χ3n) is 4.13. The first-order chi connectivity index (χ1) is 11.6. The molecule has 0 saturated carbocycles. The highest BCUT2D eigenvalue weighted by molar-refractivity contribution is 5.62. The summed E-state index contributed by atoms with van der Waals surface area (Å²) in [7, 11) is 0. The third-order valence-corrected chi connectivity index (χ3v) is 4.13. The molecular weight excluding hydrogens is 306 g/mol. The van der Waals surface area contributed by atoms with Crippen LogP contribution < -0.4 is 9.80 Å². The van der Waals surface area contributed by atoms with E-state index in [1.807, 2.05) is 23.1 Å². The van der Waals surface area contributed by atoms with Crippen molar-refractivity contribution < 1.29 is 4.92 Å². The van der Waals surface area contributed by atoms with Gasteiger partial charge in [0.1, 0.15) is 6.07 Å². The first-order valence-electron chi connectivity index (χ1n) is 7.70. The van der Waals surface area contributed by atoms with E-state index in [1.165, 1.54) is 0 Å². The van der Waals surface area contributed by atoms with Crippen LogP contribution >= 0.6 is 0 Å². The second-order valence-corrected chi connectivity index (χ2v) is 5.72. The van der Waals surface area contributed by atoms with Crippen LogP contribution in [0.5, 0.6) is 0 Å². The van der Waals surface area contributed by atoms with Gasteiger partial charge in [-0.25, -0.2) is 4.98 Å². The number of pyridine rings is 1. The Kier molecular flexibility index (Phi) is 4.29. The molecule has 1 aliphatic rings. The average Bonchev–Trinajstić information content (AvgIpc) is 2.62. The van der Waals surface area contributed by atoms with Crippen LogP contribution in [-0.4, -0.2) is 36.1 Å². The van der Waals surface area contributed by atoms with Gasteiger partial charge in [0.15, 0.2) is 0 Å². The van der Waals surface area contributed by atoms with Crippen molar-refractivity contribution in [1.29, 1.82) is 5.26 Å². The molecule has 7 nitrogen and oxygen atoms in total. The molecule has 24 heavy (non-hydrogen) atoms. The standard InChI is InChI=1S/C17H17N5O2/c1-13-10-16(22(23)24)17(19-12-13)21-8-6-20(7-9-21)15-5-3-2-4-14(15)11-18/h2-5,10,12H,6-9H2,1H3. The Labute approximate surface area is 139 Å². The van der Waals surface area contributed by atoms with Crippen LogP contribution in [0, 0.1) is 28.4 Å². The summed E-state index contributed by atoms with van der Waals surface area (Å²) in [6.07, 6.45) is 1.65. The molecule has 1 aromatic carbocycles. The Morgan fingerprint density at radius 1 is 1.21 bits per heavy atom. The number of nitriles is 1. The quantitative estimate of drug-likeness (QED) is 0.637. The molecule has 1 fully saturated rings.